The largest absolute Gasteiger partial charge is 0.312 e. The first-order valence-corrected chi connectivity index (χ1v) is 7.52. The number of nitrogens with zero attached hydrogens (tertiary/aromatic N) is 2. The zero-order valence-electron chi connectivity index (χ0n) is 13.2. The lowest BCUT2D eigenvalue weighted by atomic mass is 10.1. The van der Waals surface area contributed by atoms with Gasteiger partial charge in [-0.25, -0.2) is 9.07 Å². The summed E-state index contributed by atoms with van der Waals surface area (Å²) in [7, 11) is 0. The van der Waals surface area contributed by atoms with E-state index in [4.69, 9.17) is 0 Å². The van der Waals surface area contributed by atoms with E-state index in [0.717, 1.165) is 23.5 Å². The Balaban J connectivity index is 2.24. The van der Waals surface area contributed by atoms with Crippen LogP contribution in [0.3, 0.4) is 0 Å². The molecule has 0 bridgehead atoms. The third-order valence-corrected chi connectivity index (χ3v) is 3.36. The fourth-order valence-corrected chi connectivity index (χ4v) is 2.19. The Morgan fingerprint density at radius 2 is 1.95 bits per heavy atom. The van der Waals surface area contributed by atoms with Gasteiger partial charge in [0.25, 0.3) is 0 Å². The minimum absolute atomic E-state index is 0.212. The van der Waals surface area contributed by atoms with Gasteiger partial charge >= 0.3 is 0 Å². The molecular weight excluding hydrogens is 265 g/mol. The molecule has 4 heteroatoms. The van der Waals surface area contributed by atoms with Crippen molar-refractivity contribution in [1.29, 1.82) is 0 Å². The number of benzene rings is 1. The Morgan fingerprint density at radius 1 is 1.19 bits per heavy atom. The van der Waals surface area contributed by atoms with Gasteiger partial charge < -0.3 is 5.32 Å². The van der Waals surface area contributed by atoms with Crippen molar-refractivity contribution in [3.8, 4) is 5.69 Å². The predicted molar refractivity (Wildman–Crippen MR) is 84.2 cm³/mol. The van der Waals surface area contributed by atoms with Gasteiger partial charge in [0.1, 0.15) is 5.82 Å². The Bertz CT molecular complexity index is 587. The standard InChI is InChI=1S/C17H24FN3/c1-12(2)10-19-11-14-9-15(18)5-6-17(14)21-8-7-16(20-21)13(3)4/h5-9,12-13,19H,10-11H2,1-4H3. The first-order valence-electron chi connectivity index (χ1n) is 7.52. The highest BCUT2D eigenvalue weighted by Gasteiger charge is 2.10. The summed E-state index contributed by atoms with van der Waals surface area (Å²) >= 11 is 0. The molecule has 1 aromatic heterocycles. The number of rotatable bonds is 6. The van der Waals surface area contributed by atoms with Crippen molar-refractivity contribution in [2.45, 2.75) is 40.2 Å². The van der Waals surface area contributed by atoms with Crippen LogP contribution in [0.1, 0.15) is 44.9 Å². The minimum atomic E-state index is -0.212. The summed E-state index contributed by atoms with van der Waals surface area (Å²) in [6, 6.07) is 6.87. The van der Waals surface area contributed by atoms with E-state index >= 15 is 0 Å². The quantitative estimate of drug-likeness (QED) is 0.874. The van der Waals surface area contributed by atoms with Crippen molar-refractivity contribution in [2.24, 2.45) is 5.92 Å². The van der Waals surface area contributed by atoms with Crippen LogP contribution in [0.4, 0.5) is 4.39 Å². The molecule has 1 N–H and O–H groups in total. The van der Waals surface area contributed by atoms with Gasteiger partial charge in [0, 0.05) is 12.7 Å². The summed E-state index contributed by atoms with van der Waals surface area (Å²) in [5, 5.41) is 7.94. The highest BCUT2D eigenvalue weighted by atomic mass is 19.1. The fraction of sp³-hybridized carbons (Fsp3) is 0.471. The second-order valence-electron chi connectivity index (χ2n) is 6.14. The average molecular weight is 289 g/mol. The van der Waals surface area contributed by atoms with E-state index in [2.05, 4.69) is 38.1 Å². The van der Waals surface area contributed by atoms with Crippen molar-refractivity contribution < 1.29 is 4.39 Å². The smallest absolute Gasteiger partial charge is 0.123 e. The maximum absolute atomic E-state index is 13.5. The number of halogens is 1. The Hall–Kier alpha value is -1.68. The highest BCUT2D eigenvalue weighted by Crippen LogP contribution is 2.18. The summed E-state index contributed by atoms with van der Waals surface area (Å²) in [4.78, 5) is 0. The first-order chi connectivity index (χ1) is 9.97. The van der Waals surface area contributed by atoms with E-state index in [0.29, 0.717) is 18.4 Å². The van der Waals surface area contributed by atoms with Crippen LogP contribution in [0.5, 0.6) is 0 Å². The van der Waals surface area contributed by atoms with E-state index in [1.165, 1.54) is 6.07 Å². The third-order valence-electron chi connectivity index (χ3n) is 3.36. The molecule has 1 aromatic carbocycles. The molecule has 3 nitrogen and oxygen atoms in total. The topological polar surface area (TPSA) is 29.9 Å². The van der Waals surface area contributed by atoms with Gasteiger partial charge in [0.2, 0.25) is 0 Å². The maximum Gasteiger partial charge on any atom is 0.123 e. The summed E-state index contributed by atoms with van der Waals surface area (Å²) in [5.74, 6) is 0.741. The van der Waals surface area contributed by atoms with Crippen LogP contribution in [0.2, 0.25) is 0 Å². The van der Waals surface area contributed by atoms with Crippen LogP contribution in [-0.4, -0.2) is 16.3 Å². The summed E-state index contributed by atoms with van der Waals surface area (Å²) in [6.07, 6.45) is 1.94. The van der Waals surface area contributed by atoms with Crippen LogP contribution >= 0.6 is 0 Å². The van der Waals surface area contributed by atoms with Crippen molar-refractivity contribution in [1.82, 2.24) is 15.1 Å². The summed E-state index contributed by atoms with van der Waals surface area (Å²) in [6.45, 7) is 10.1. The van der Waals surface area contributed by atoms with Crippen LogP contribution in [0.25, 0.3) is 5.69 Å². The van der Waals surface area contributed by atoms with Gasteiger partial charge in [0.05, 0.1) is 11.4 Å². The zero-order chi connectivity index (χ0) is 15.4. The minimum Gasteiger partial charge on any atom is -0.312 e. The normalized spacial score (nSPS) is 11.6. The Kier molecular flexibility index (Phi) is 5.12. The Morgan fingerprint density at radius 3 is 2.57 bits per heavy atom. The lowest BCUT2D eigenvalue weighted by Crippen LogP contribution is -2.20. The van der Waals surface area contributed by atoms with Crippen molar-refractivity contribution in [2.75, 3.05) is 6.54 Å². The summed E-state index contributed by atoms with van der Waals surface area (Å²) in [5.41, 5.74) is 2.90. The molecule has 114 valence electrons. The molecule has 0 fully saturated rings. The van der Waals surface area contributed by atoms with E-state index in [9.17, 15) is 4.39 Å². The van der Waals surface area contributed by atoms with Gasteiger partial charge in [0.15, 0.2) is 0 Å². The molecule has 0 spiro atoms. The monoisotopic (exact) mass is 289 g/mol. The highest BCUT2D eigenvalue weighted by molar-refractivity contribution is 5.41. The molecule has 0 saturated heterocycles. The second-order valence-corrected chi connectivity index (χ2v) is 6.14. The summed E-state index contributed by atoms with van der Waals surface area (Å²) < 4.78 is 15.4. The molecule has 2 aromatic rings. The van der Waals surface area contributed by atoms with E-state index < -0.39 is 0 Å². The average Bonchev–Trinajstić information content (AvgIpc) is 2.88. The number of hydrogen-bond donors (Lipinski definition) is 1. The fourth-order valence-electron chi connectivity index (χ4n) is 2.19. The second kappa shape index (κ2) is 6.85. The molecule has 1 heterocycles. The van der Waals surface area contributed by atoms with Gasteiger partial charge in [-0.2, -0.15) is 5.10 Å². The Labute approximate surface area is 126 Å². The molecule has 0 aliphatic heterocycles. The van der Waals surface area contributed by atoms with E-state index in [1.807, 2.05) is 16.9 Å². The molecular formula is C17H24FN3. The number of hydrogen-bond acceptors (Lipinski definition) is 2. The van der Waals surface area contributed by atoms with Crippen molar-refractivity contribution >= 4 is 0 Å². The van der Waals surface area contributed by atoms with E-state index in [-0.39, 0.29) is 5.82 Å². The molecule has 0 atom stereocenters. The molecule has 0 amide bonds. The molecule has 0 unspecified atom stereocenters. The molecule has 0 aliphatic carbocycles. The first kappa shape index (κ1) is 15.7. The van der Waals surface area contributed by atoms with Gasteiger partial charge in [-0.05, 0) is 48.2 Å². The van der Waals surface area contributed by atoms with Crippen LogP contribution < -0.4 is 5.32 Å². The number of aromatic nitrogens is 2. The number of nitrogens with one attached hydrogen (secondary N) is 1. The molecule has 0 aliphatic rings. The van der Waals surface area contributed by atoms with Crippen molar-refractivity contribution in [3.05, 3.63) is 47.5 Å². The maximum atomic E-state index is 13.5. The van der Waals surface area contributed by atoms with Crippen LogP contribution in [0.15, 0.2) is 30.5 Å². The van der Waals surface area contributed by atoms with Gasteiger partial charge in [-0.1, -0.05) is 27.7 Å². The molecule has 21 heavy (non-hydrogen) atoms. The zero-order valence-corrected chi connectivity index (χ0v) is 13.2. The predicted octanol–water partition coefficient (Wildman–Crippen LogP) is 3.88. The van der Waals surface area contributed by atoms with E-state index in [1.54, 1.807) is 12.1 Å². The van der Waals surface area contributed by atoms with Gasteiger partial charge in [-0.3, -0.25) is 0 Å². The SMILES string of the molecule is CC(C)CNCc1cc(F)ccc1-n1ccc(C(C)C)n1. The molecule has 0 saturated carbocycles. The molecule has 2 rings (SSSR count). The van der Waals surface area contributed by atoms with Gasteiger partial charge in [-0.15, -0.1) is 0 Å². The third kappa shape index (κ3) is 4.14. The lowest BCUT2D eigenvalue weighted by molar-refractivity contribution is 0.548. The van der Waals surface area contributed by atoms with Crippen LogP contribution in [-0.2, 0) is 6.54 Å². The van der Waals surface area contributed by atoms with Crippen molar-refractivity contribution in [3.63, 3.8) is 0 Å². The lowest BCUT2D eigenvalue weighted by Gasteiger charge is -2.12. The molecule has 0 radical (unpaired) electrons. The van der Waals surface area contributed by atoms with Crippen LogP contribution in [0, 0.1) is 11.7 Å².